The second-order valence-corrected chi connectivity index (χ2v) is 4.52. The molecule has 106 valence electrons. The number of hydrogen-bond donors (Lipinski definition) is 1. The summed E-state index contributed by atoms with van der Waals surface area (Å²) in [7, 11) is 0. The highest BCUT2D eigenvalue weighted by atomic mass is 19.4. The average molecular weight is 283 g/mol. The summed E-state index contributed by atoms with van der Waals surface area (Å²) in [5, 5.41) is 11.4. The Morgan fingerprint density at radius 2 is 2.15 bits per heavy atom. The molecule has 1 N–H and O–H groups in total. The second kappa shape index (κ2) is 5.41. The molecule has 1 aliphatic carbocycles. The summed E-state index contributed by atoms with van der Waals surface area (Å²) in [6, 6.07) is 5.68. The lowest BCUT2D eigenvalue weighted by Crippen LogP contribution is -2.41. The molecule has 1 saturated carbocycles. The molecular formula is C13H12F3N3O. The number of benzene rings is 1. The van der Waals surface area contributed by atoms with Crippen molar-refractivity contribution in [2.45, 2.75) is 25.1 Å². The number of rotatable bonds is 3. The summed E-state index contributed by atoms with van der Waals surface area (Å²) in [6.07, 6.45) is -2.77. The Hall–Kier alpha value is -2.23. The van der Waals surface area contributed by atoms with E-state index < -0.39 is 17.8 Å². The van der Waals surface area contributed by atoms with Crippen LogP contribution < -0.4 is 10.2 Å². The van der Waals surface area contributed by atoms with Crippen LogP contribution in [0.1, 0.15) is 18.4 Å². The van der Waals surface area contributed by atoms with Gasteiger partial charge in [-0.15, -0.1) is 0 Å². The van der Waals surface area contributed by atoms with Gasteiger partial charge in [0, 0.05) is 11.7 Å². The van der Waals surface area contributed by atoms with Gasteiger partial charge in [-0.1, -0.05) is 6.07 Å². The van der Waals surface area contributed by atoms with E-state index in [4.69, 9.17) is 5.26 Å². The third-order valence-corrected chi connectivity index (χ3v) is 2.86. The number of anilines is 1. The van der Waals surface area contributed by atoms with Gasteiger partial charge in [-0.05, 0) is 31.0 Å². The SMILES string of the molecule is N#CCN(C(=O)NC1CC1)c1cccc(C(F)(F)F)c1. The minimum Gasteiger partial charge on any atom is -0.335 e. The molecule has 1 aliphatic rings. The molecule has 4 nitrogen and oxygen atoms in total. The standard InChI is InChI=1S/C13H12F3N3O/c14-13(15,16)9-2-1-3-11(8-9)19(7-6-17)12(20)18-10-4-5-10/h1-3,8,10H,4-5,7H2,(H,18,20). The molecule has 0 bridgehead atoms. The molecule has 2 rings (SSSR count). The fraction of sp³-hybridized carbons (Fsp3) is 0.385. The Bertz CT molecular complexity index is 547. The van der Waals surface area contributed by atoms with E-state index in [0.29, 0.717) is 0 Å². The summed E-state index contributed by atoms with van der Waals surface area (Å²) in [5.41, 5.74) is -0.795. The van der Waals surface area contributed by atoms with Crippen LogP contribution in [-0.2, 0) is 6.18 Å². The molecule has 0 saturated heterocycles. The first kappa shape index (κ1) is 14.2. The Morgan fingerprint density at radius 3 is 2.70 bits per heavy atom. The van der Waals surface area contributed by atoms with Crippen LogP contribution in [-0.4, -0.2) is 18.6 Å². The molecule has 0 aromatic heterocycles. The summed E-state index contributed by atoms with van der Waals surface area (Å²) in [5.74, 6) is 0. The van der Waals surface area contributed by atoms with E-state index in [1.165, 1.54) is 12.1 Å². The highest BCUT2D eigenvalue weighted by molar-refractivity contribution is 5.92. The van der Waals surface area contributed by atoms with Gasteiger partial charge in [0.25, 0.3) is 0 Å². The van der Waals surface area contributed by atoms with Gasteiger partial charge >= 0.3 is 12.2 Å². The van der Waals surface area contributed by atoms with Crippen LogP contribution in [0.25, 0.3) is 0 Å². The van der Waals surface area contributed by atoms with Crippen LogP contribution >= 0.6 is 0 Å². The van der Waals surface area contributed by atoms with E-state index in [9.17, 15) is 18.0 Å². The number of carbonyl (C=O) groups excluding carboxylic acids is 1. The first-order chi connectivity index (χ1) is 9.41. The molecule has 1 aromatic rings. The smallest absolute Gasteiger partial charge is 0.335 e. The molecule has 0 radical (unpaired) electrons. The third kappa shape index (κ3) is 3.41. The number of halogens is 3. The van der Waals surface area contributed by atoms with Crippen molar-refractivity contribution < 1.29 is 18.0 Å². The third-order valence-electron chi connectivity index (χ3n) is 2.86. The monoisotopic (exact) mass is 283 g/mol. The predicted octanol–water partition coefficient (Wildman–Crippen LogP) is 2.91. The number of carbonyl (C=O) groups is 1. The largest absolute Gasteiger partial charge is 0.416 e. The van der Waals surface area contributed by atoms with Crippen molar-refractivity contribution in [2.75, 3.05) is 11.4 Å². The van der Waals surface area contributed by atoms with Crippen molar-refractivity contribution in [3.8, 4) is 6.07 Å². The Kier molecular flexibility index (Phi) is 3.84. The van der Waals surface area contributed by atoms with Crippen LogP contribution in [0.2, 0.25) is 0 Å². The molecule has 2 amide bonds. The summed E-state index contributed by atoms with van der Waals surface area (Å²) >= 11 is 0. The number of nitrogens with one attached hydrogen (secondary N) is 1. The lowest BCUT2D eigenvalue weighted by Gasteiger charge is -2.21. The van der Waals surface area contributed by atoms with Crippen LogP contribution in [0.5, 0.6) is 0 Å². The number of nitriles is 1. The molecule has 0 heterocycles. The molecule has 1 aromatic carbocycles. The first-order valence-electron chi connectivity index (χ1n) is 6.04. The van der Waals surface area contributed by atoms with Gasteiger partial charge in [-0.2, -0.15) is 18.4 Å². The molecule has 0 atom stereocenters. The van der Waals surface area contributed by atoms with Gasteiger partial charge in [-0.25, -0.2) is 4.79 Å². The molecule has 1 fully saturated rings. The van der Waals surface area contributed by atoms with E-state index in [1.54, 1.807) is 6.07 Å². The zero-order valence-electron chi connectivity index (χ0n) is 10.4. The molecule has 0 aliphatic heterocycles. The van der Waals surface area contributed by atoms with E-state index in [2.05, 4.69) is 5.32 Å². The lowest BCUT2D eigenvalue weighted by molar-refractivity contribution is -0.137. The van der Waals surface area contributed by atoms with Crippen LogP contribution in [0.4, 0.5) is 23.7 Å². The fourth-order valence-electron chi connectivity index (χ4n) is 1.68. The van der Waals surface area contributed by atoms with E-state index >= 15 is 0 Å². The summed E-state index contributed by atoms with van der Waals surface area (Å²) < 4.78 is 38.0. The Balaban J connectivity index is 2.24. The van der Waals surface area contributed by atoms with Gasteiger partial charge in [-0.3, -0.25) is 4.90 Å². The van der Waals surface area contributed by atoms with Crippen molar-refractivity contribution >= 4 is 11.7 Å². The van der Waals surface area contributed by atoms with Gasteiger partial charge in [0.15, 0.2) is 0 Å². The maximum Gasteiger partial charge on any atom is 0.416 e. The maximum atomic E-state index is 12.7. The Morgan fingerprint density at radius 1 is 1.45 bits per heavy atom. The van der Waals surface area contributed by atoms with Crippen LogP contribution in [0.15, 0.2) is 24.3 Å². The normalized spacial score (nSPS) is 14.5. The molecule has 0 spiro atoms. The summed E-state index contributed by atoms with van der Waals surface area (Å²) in [4.78, 5) is 12.9. The quantitative estimate of drug-likeness (QED) is 0.867. The second-order valence-electron chi connectivity index (χ2n) is 4.52. The van der Waals surface area contributed by atoms with E-state index in [-0.39, 0.29) is 18.3 Å². The van der Waals surface area contributed by atoms with Crippen LogP contribution in [0, 0.1) is 11.3 Å². The van der Waals surface area contributed by atoms with Gasteiger partial charge in [0.2, 0.25) is 0 Å². The highest BCUT2D eigenvalue weighted by Gasteiger charge is 2.32. The topological polar surface area (TPSA) is 56.1 Å². The lowest BCUT2D eigenvalue weighted by atomic mass is 10.2. The first-order valence-corrected chi connectivity index (χ1v) is 6.04. The van der Waals surface area contributed by atoms with Gasteiger partial charge in [0.05, 0.1) is 11.6 Å². The number of hydrogen-bond acceptors (Lipinski definition) is 2. The number of amides is 2. The Labute approximate surface area is 113 Å². The molecule has 7 heteroatoms. The van der Waals surface area contributed by atoms with Crippen LogP contribution in [0.3, 0.4) is 0 Å². The number of alkyl halides is 3. The van der Waals surface area contributed by atoms with Crippen molar-refractivity contribution in [3.63, 3.8) is 0 Å². The number of urea groups is 1. The van der Waals surface area contributed by atoms with Crippen molar-refractivity contribution in [1.82, 2.24) is 5.32 Å². The van der Waals surface area contributed by atoms with Crippen molar-refractivity contribution in [1.29, 1.82) is 5.26 Å². The van der Waals surface area contributed by atoms with Crippen molar-refractivity contribution in [2.24, 2.45) is 0 Å². The number of nitrogens with zero attached hydrogens (tertiary/aromatic N) is 2. The van der Waals surface area contributed by atoms with E-state index in [1.807, 2.05) is 0 Å². The zero-order valence-corrected chi connectivity index (χ0v) is 10.4. The van der Waals surface area contributed by atoms with Crippen molar-refractivity contribution in [3.05, 3.63) is 29.8 Å². The van der Waals surface area contributed by atoms with Gasteiger partial charge in [0.1, 0.15) is 6.54 Å². The highest BCUT2D eigenvalue weighted by Crippen LogP contribution is 2.31. The maximum absolute atomic E-state index is 12.7. The van der Waals surface area contributed by atoms with E-state index in [0.717, 1.165) is 29.9 Å². The molecule has 0 unspecified atom stereocenters. The zero-order chi connectivity index (χ0) is 14.8. The average Bonchev–Trinajstić information content (AvgIpc) is 3.19. The summed E-state index contributed by atoms with van der Waals surface area (Å²) in [6.45, 7) is -0.306. The fourth-order valence-corrected chi connectivity index (χ4v) is 1.68. The minimum atomic E-state index is -4.48. The predicted molar refractivity (Wildman–Crippen MR) is 66.0 cm³/mol. The van der Waals surface area contributed by atoms with Gasteiger partial charge < -0.3 is 5.32 Å². The molecular weight excluding hydrogens is 271 g/mol. The molecule has 20 heavy (non-hydrogen) atoms. The minimum absolute atomic E-state index is 0.0551.